The number of unbranched alkanes of at least 4 members (excludes halogenated alkanes) is 1. The normalized spacial score (nSPS) is 12.3. The number of halogens is 1. The first-order chi connectivity index (χ1) is 9.25. The Labute approximate surface area is 125 Å². The van der Waals surface area contributed by atoms with Crippen molar-refractivity contribution in [3.8, 4) is 0 Å². The summed E-state index contributed by atoms with van der Waals surface area (Å²) in [5.74, 6) is 0.670. The molecule has 0 aliphatic heterocycles. The van der Waals surface area contributed by atoms with Gasteiger partial charge in [0.05, 0.1) is 0 Å². The molecular formula is C18H21Br. The van der Waals surface area contributed by atoms with Gasteiger partial charge in [-0.1, -0.05) is 71.7 Å². The van der Waals surface area contributed by atoms with E-state index in [4.69, 9.17) is 0 Å². The van der Waals surface area contributed by atoms with E-state index in [0.717, 1.165) is 0 Å². The Kier molecular flexibility index (Phi) is 5.65. The van der Waals surface area contributed by atoms with E-state index in [0.29, 0.717) is 5.92 Å². The van der Waals surface area contributed by atoms with Crippen LogP contribution in [0.25, 0.3) is 0 Å². The summed E-state index contributed by atoms with van der Waals surface area (Å²) >= 11 is 3.52. The van der Waals surface area contributed by atoms with Crippen molar-refractivity contribution in [2.75, 3.05) is 0 Å². The molecule has 0 aliphatic rings. The first kappa shape index (κ1) is 14.3. The fraction of sp³-hybridized carbons (Fsp3) is 0.333. The molecule has 0 saturated heterocycles. The molecule has 0 saturated carbocycles. The first-order valence-corrected chi connectivity index (χ1v) is 7.84. The Morgan fingerprint density at radius 3 is 2.47 bits per heavy atom. The van der Waals surface area contributed by atoms with E-state index in [1.807, 2.05) is 0 Å². The summed E-state index contributed by atoms with van der Waals surface area (Å²) in [6.07, 6.45) is 5.02. The van der Waals surface area contributed by atoms with E-state index in [2.05, 4.69) is 77.5 Å². The van der Waals surface area contributed by atoms with Crippen molar-refractivity contribution >= 4 is 15.9 Å². The minimum absolute atomic E-state index is 0.670. The Balaban J connectivity index is 1.72. The summed E-state index contributed by atoms with van der Waals surface area (Å²) in [7, 11) is 0. The molecule has 1 unspecified atom stereocenters. The van der Waals surface area contributed by atoms with E-state index in [1.54, 1.807) is 0 Å². The van der Waals surface area contributed by atoms with Gasteiger partial charge in [0.2, 0.25) is 0 Å². The van der Waals surface area contributed by atoms with Crippen LogP contribution in [0.4, 0.5) is 0 Å². The molecule has 0 N–H and O–H groups in total. The number of rotatable bonds is 6. The molecule has 1 atom stereocenters. The van der Waals surface area contributed by atoms with E-state index in [1.165, 1.54) is 41.3 Å². The van der Waals surface area contributed by atoms with Gasteiger partial charge >= 0.3 is 0 Å². The molecule has 0 radical (unpaired) electrons. The minimum Gasteiger partial charge on any atom is -0.0622 e. The second-order valence-corrected chi connectivity index (χ2v) is 6.10. The summed E-state index contributed by atoms with van der Waals surface area (Å²) in [4.78, 5) is 0. The van der Waals surface area contributed by atoms with Crippen LogP contribution >= 0.6 is 15.9 Å². The Hall–Kier alpha value is -1.08. The molecule has 2 aromatic carbocycles. The van der Waals surface area contributed by atoms with E-state index in [9.17, 15) is 0 Å². The highest BCUT2D eigenvalue weighted by Crippen LogP contribution is 2.22. The van der Waals surface area contributed by atoms with E-state index in [-0.39, 0.29) is 0 Å². The topological polar surface area (TPSA) is 0 Å². The van der Waals surface area contributed by atoms with Gasteiger partial charge in [0.15, 0.2) is 0 Å². The summed E-state index contributed by atoms with van der Waals surface area (Å²) in [5.41, 5.74) is 2.90. The molecule has 0 bridgehead atoms. The van der Waals surface area contributed by atoms with Gasteiger partial charge in [-0.05, 0) is 48.4 Å². The van der Waals surface area contributed by atoms with Crippen molar-refractivity contribution in [1.82, 2.24) is 0 Å². The fourth-order valence-corrected chi connectivity index (χ4v) is 2.87. The van der Waals surface area contributed by atoms with E-state index >= 15 is 0 Å². The van der Waals surface area contributed by atoms with Gasteiger partial charge in [0, 0.05) is 4.47 Å². The van der Waals surface area contributed by atoms with Crippen molar-refractivity contribution in [1.29, 1.82) is 0 Å². The van der Waals surface area contributed by atoms with Crippen molar-refractivity contribution < 1.29 is 0 Å². The molecule has 0 spiro atoms. The smallest absolute Gasteiger partial charge is 0.0177 e. The second-order valence-electron chi connectivity index (χ2n) is 5.19. The SMILES string of the molecule is CC(CCCCc1cccc(Br)c1)c1ccccc1. The van der Waals surface area contributed by atoms with Crippen LogP contribution in [0.5, 0.6) is 0 Å². The molecule has 0 aliphatic carbocycles. The molecule has 0 heterocycles. The lowest BCUT2D eigenvalue weighted by molar-refractivity contribution is 0.604. The van der Waals surface area contributed by atoms with Gasteiger partial charge in [0.25, 0.3) is 0 Å². The van der Waals surface area contributed by atoms with Gasteiger partial charge in [-0.15, -0.1) is 0 Å². The summed E-state index contributed by atoms with van der Waals surface area (Å²) < 4.78 is 1.18. The second kappa shape index (κ2) is 7.49. The summed E-state index contributed by atoms with van der Waals surface area (Å²) in [5, 5.41) is 0. The fourth-order valence-electron chi connectivity index (χ4n) is 2.42. The number of hydrogen-bond acceptors (Lipinski definition) is 0. The predicted octanol–water partition coefficient (Wildman–Crippen LogP) is 5.97. The maximum Gasteiger partial charge on any atom is 0.0177 e. The Morgan fingerprint density at radius 2 is 1.74 bits per heavy atom. The zero-order valence-corrected chi connectivity index (χ0v) is 13.1. The average molecular weight is 317 g/mol. The van der Waals surface area contributed by atoms with Crippen molar-refractivity contribution in [3.05, 3.63) is 70.2 Å². The van der Waals surface area contributed by atoms with Crippen LogP contribution in [-0.4, -0.2) is 0 Å². The molecule has 0 aromatic heterocycles. The molecule has 1 heteroatoms. The molecular weight excluding hydrogens is 296 g/mol. The molecule has 2 rings (SSSR count). The Bertz CT molecular complexity index is 490. The number of aryl methyl sites for hydroxylation is 1. The lowest BCUT2D eigenvalue weighted by Crippen LogP contribution is -1.94. The highest BCUT2D eigenvalue weighted by Gasteiger charge is 2.04. The summed E-state index contributed by atoms with van der Waals surface area (Å²) in [6, 6.07) is 19.5. The number of hydrogen-bond donors (Lipinski definition) is 0. The molecule has 100 valence electrons. The van der Waals surface area contributed by atoms with Gasteiger partial charge in [-0.2, -0.15) is 0 Å². The average Bonchev–Trinajstić information content (AvgIpc) is 2.44. The third-order valence-corrected chi connectivity index (χ3v) is 4.10. The van der Waals surface area contributed by atoms with E-state index < -0.39 is 0 Å². The van der Waals surface area contributed by atoms with Gasteiger partial charge in [-0.3, -0.25) is 0 Å². The van der Waals surface area contributed by atoms with Crippen LogP contribution in [0.3, 0.4) is 0 Å². The van der Waals surface area contributed by atoms with Gasteiger partial charge < -0.3 is 0 Å². The Morgan fingerprint density at radius 1 is 0.947 bits per heavy atom. The highest BCUT2D eigenvalue weighted by molar-refractivity contribution is 9.10. The zero-order chi connectivity index (χ0) is 13.5. The molecule has 2 aromatic rings. The zero-order valence-electron chi connectivity index (χ0n) is 11.5. The molecule has 0 nitrogen and oxygen atoms in total. The van der Waals surface area contributed by atoms with Gasteiger partial charge in [-0.25, -0.2) is 0 Å². The van der Waals surface area contributed by atoms with Gasteiger partial charge in [0.1, 0.15) is 0 Å². The lowest BCUT2D eigenvalue weighted by Gasteiger charge is -2.11. The minimum atomic E-state index is 0.670. The van der Waals surface area contributed by atoms with Crippen molar-refractivity contribution in [3.63, 3.8) is 0 Å². The molecule has 0 fully saturated rings. The first-order valence-electron chi connectivity index (χ1n) is 7.05. The maximum absolute atomic E-state index is 3.52. The monoisotopic (exact) mass is 316 g/mol. The maximum atomic E-state index is 3.52. The van der Waals surface area contributed by atoms with Crippen molar-refractivity contribution in [2.45, 2.75) is 38.5 Å². The van der Waals surface area contributed by atoms with Crippen molar-refractivity contribution in [2.24, 2.45) is 0 Å². The predicted molar refractivity (Wildman–Crippen MR) is 86.6 cm³/mol. The van der Waals surface area contributed by atoms with Crippen LogP contribution in [0.2, 0.25) is 0 Å². The summed E-state index contributed by atoms with van der Waals surface area (Å²) in [6.45, 7) is 2.33. The van der Waals surface area contributed by atoms with Crippen LogP contribution < -0.4 is 0 Å². The molecule has 0 amide bonds. The van der Waals surface area contributed by atoms with Crippen LogP contribution in [-0.2, 0) is 6.42 Å². The largest absolute Gasteiger partial charge is 0.0622 e. The third kappa shape index (κ3) is 4.83. The third-order valence-electron chi connectivity index (χ3n) is 3.61. The van der Waals surface area contributed by atoms with Crippen LogP contribution in [0.1, 0.15) is 43.2 Å². The van der Waals surface area contributed by atoms with Crippen LogP contribution in [0, 0.1) is 0 Å². The lowest BCUT2D eigenvalue weighted by atomic mass is 9.94. The highest BCUT2D eigenvalue weighted by atomic mass is 79.9. The quantitative estimate of drug-likeness (QED) is 0.576. The number of benzene rings is 2. The van der Waals surface area contributed by atoms with Crippen LogP contribution in [0.15, 0.2) is 59.1 Å². The molecule has 19 heavy (non-hydrogen) atoms. The standard InChI is InChI=1S/C18H21Br/c1-15(17-11-3-2-4-12-17)8-5-6-9-16-10-7-13-18(19)14-16/h2-4,7,10-15H,5-6,8-9H2,1H3.